The lowest BCUT2D eigenvalue weighted by atomic mass is 10.1. The van der Waals surface area contributed by atoms with Crippen molar-refractivity contribution in [3.63, 3.8) is 0 Å². The Morgan fingerprint density at radius 3 is 2.28 bits per heavy atom. The number of rotatable bonds is 7. The summed E-state index contributed by atoms with van der Waals surface area (Å²) in [7, 11) is 0. The Morgan fingerprint density at radius 2 is 1.72 bits per heavy atom. The smallest absolute Gasteiger partial charge is 0.255 e. The molecule has 6 heteroatoms. The molecular weight excluding hydrogens is 323 g/mol. The molecule has 3 rings (SSSR count). The average molecular weight is 342 g/mol. The highest BCUT2D eigenvalue weighted by Gasteiger charge is 2.33. The monoisotopic (exact) mass is 342 g/mol. The molecule has 0 aliphatic heterocycles. The fraction of sp³-hybridized carbons (Fsp3) is 0.263. The Kier molecular flexibility index (Phi) is 4.97. The zero-order chi connectivity index (χ0) is 17.8. The number of benzene rings is 2. The van der Waals surface area contributed by atoms with Gasteiger partial charge in [-0.15, -0.1) is 0 Å². The molecular formula is C19H19FN2O3. The first-order chi connectivity index (χ1) is 12.0. The lowest BCUT2D eigenvalue weighted by Crippen LogP contribution is -2.32. The van der Waals surface area contributed by atoms with Gasteiger partial charge in [0.15, 0.2) is 6.61 Å². The van der Waals surface area contributed by atoms with Gasteiger partial charge in [0.25, 0.3) is 11.8 Å². The Hall–Kier alpha value is -2.89. The van der Waals surface area contributed by atoms with Crippen LogP contribution in [0.2, 0.25) is 0 Å². The van der Waals surface area contributed by atoms with E-state index in [-0.39, 0.29) is 24.4 Å². The van der Waals surface area contributed by atoms with Gasteiger partial charge >= 0.3 is 0 Å². The zero-order valence-corrected chi connectivity index (χ0v) is 13.7. The van der Waals surface area contributed by atoms with Crippen molar-refractivity contribution in [3.8, 4) is 5.75 Å². The second kappa shape index (κ2) is 7.34. The van der Waals surface area contributed by atoms with Crippen molar-refractivity contribution in [1.82, 2.24) is 4.90 Å². The molecule has 0 unspecified atom stereocenters. The van der Waals surface area contributed by atoms with Crippen molar-refractivity contribution in [2.45, 2.75) is 25.4 Å². The largest absolute Gasteiger partial charge is 0.484 e. The molecule has 2 amide bonds. The number of amides is 2. The number of nitrogens with two attached hydrogens (primary N) is 1. The first kappa shape index (κ1) is 17.0. The van der Waals surface area contributed by atoms with Gasteiger partial charge in [-0.05, 0) is 54.8 Å². The van der Waals surface area contributed by atoms with E-state index in [0.717, 1.165) is 18.4 Å². The van der Waals surface area contributed by atoms with E-state index in [9.17, 15) is 14.0 Å². The van der Waals surface area contributed by atoms with Crippen molar-refractivity contribution in [1.29, 1.82) is 0 Å². The summed E-state index contributed by atoms with van der Waals surface area (Å²) < 4.78 is 18.2. The van der Waals surface area contributed by atoms with Gasteiger partial charge in [0.05, 0.1) is 0 Å². The molecule has 1 saturated carbocycles. The standard InChI is InChI=1S/C19H19FN2O3/c20-15-5-1-13(2-6-15)11-22(16-7-8-16)19(24)14-3-9-17(10-4-14)25-12-18(21)23/h1-6,9-10,16H,7-8,11-12H2,(H2,21,23). The second-order valence-electron chi connectivity index (χ2n) is 6.07. The van der Waals surface area contributed by atoms with Crippen LogP contribution in [0.5, 0.6) is 5.75 Å². The summed E-state index contributed by atoms with van der Waals surface area (Å²) in [5.41, 5.74) is 6.47. The highest BCUT2D eigenvalue weighted by atomic mass is 19.1. The van der Waals surface area contributed by atoms with Gasteiger partial charge in [-0.1, -0.05) is 12.1 Å². The maximum atomic E-state index is 13.0. The fourth-order valence-corrected chi connectivity index (χ4v) is 2.55. The van der Waals surface area contributed by atoms with Crippen molar-refractivity contribution < 1.29 is 18.7 Å². The molecule has 1 aliphatic carbocycles. The summed E-state index contributed by atoms with van der Waals surface area (Å²) in [4.78, 5) is 25.4. The molecule has 2 aromatic carbocycles. The molecule has 0 atom stereocenters. The SMILES string of the molecule is NC(=O)COc1ccc(C(=O)N(Cc2ccc(F)cc2)C2CC2)cc1. The minimum absolute atomic E-state index is 0.0757. The van der Waals surface area contributed by atoms with Crippen LogP contribution in [0.4, 0.5) is 4.39 Å². The van der Waals surface area contributed by atoms with Gasteiger partial charge in [0, 0.05) is 18.2 Å². The maximum absolute atomic E-state index is 13.0. The molecule has 0 radical (unpaired) electrons. The van der Waals surface area contributed by atoms with Crippen LogP contribution in [-0.2, 0) is 11.3 Å². The van der Waals surface area contributed by atoms with E-state index in [1.807, 2.05) is 4.90 Å². The van der Waals surface area contributed by atoms with Gasteiger partial charge < -0.3 is 15.4 Å². The molecule has 0 spiro atoms. The van der Waals surface area contributed by atoms with Gasteiger partial charge in [0.1, 0.15) is 11.6 Å². The van der Waals surface area contributed by atoms with E-state index < -0.39 is 5.91 Å². The molecule has 5 nitrogen and oxygen atoms in total. The van der Waals surface area contributed by atoms with Crippen LogP contribution in [0.15, 0.2) is 48.5 Å². The van der Waals surface area contributed by atoms with E-state index in [2.05, 4.69) is 0 Å². The summed E-state index contributed by atoms with van der Waals surface area (Å²) in [5, 5.41) is 0. The Bertz CT molecular complexity index is 755. The molecule has 2 N–H and O–H groups in total. The molecule has 0 bridgehead atoms. The van der Waals surface area contributed by atoms with Crippen LogP contribution >= 0.6 is 0 Å². The first-order valence-corrected chi connectivity index (χ1v) is 8.09. The average Bonchev–Trinajstić information content (AvgIpc) is 3.44. The summed E-state index contributed by atoms with van der Waals surface area (Å²) in [6, 6.07) is 13.0. The Morgan fingerprint density at radius 1 is 1.08 bits per heavy atom. The van der Waals surface area contributed by atoms with Gasteiger partial charge in [-0.3, -0.25) is 9.59 Å². The molecule has 25 heavy (non-hydrogen) atoms. The normalized spacial score (nSPS) is 13.3. The number of carbonyl (C=O) groups is 2. The van der Waals surface area contributed by atoms with Crippen molar-refractivity contribution in [2.24, 2.45) is 5.73 Å². The van der Waals surface area contributed by atoms with Crippen molar-refractivity contribution in [2.75, 3.05) is 6.61 Å². The van der Waals surface area contributed by atoms with Gasteiger partial charge in [0.2, 0.25) is 0 Å². The third kappa shape index (κ3) is 4.56. The molecule has 0 aromatic heterocycles. The predicted molar refractivity (Wildman–Crippen MR) is 90.4 cm³/mol. The number of carbonyl (C=O) groups excluding carboxylic acids is 2. The minimum Gasteiger partial charge on any atom is -0.484 e. The van der Waals surface area contributed by atoms with E-state index in [1.54, 1.807) is 36.4 Å². The quantitative estimate of drug-likeness (QED) is 0.840. The van der Waals surface area contributed by atoms with Crippen LogP contribution in [0.3, 0.4) is 0 Å². The summed E-state index contributed by atoms with van der Waals surface area (Å²) in [6.07, 6.45) is 1.96. The van der Waals surface area contributed by atoms with Crippen LogP contribution < -0.4 is 10.5 Å². The summed E-state index contributed by atoms with van der Waals surface area (Å²) >= 11 is 0. The van der Waals surface area contributed by atoms with E-state index in [0.29, 0.717) is 17.9 Å². The Balaban J connectivity index is 1.70. The Labute approximate surface area is 145 Å². The molecule has 1 fully saturated rings. The zero-order valence-electron chi connectivity index (χ0n) is 13.7. The highest BCUT2D eigenvalue weighted by molar-refractivity contribution is 5.94. The van der Waals surface area contributed by atoms with Crippen LogP contribution in [0.1, 0.15) is 28.8 Å². The fourth-order valence-electron chi connectivity index (χ4n) is 2.55. The van der Waals surface area contributed by atoms with Crippen LogP contribution in [0.25, 0.3) is 0 Å². The number of ether oxygens (including phenoxy) is 1. The lowest BCUT2D eigenvalue weighted by molar-refractivity contribution is -0.119. The van der Waals surface area contributed by atoms with Crippen molar-refractivity contribution in [3.05, 3.63) is 65.5 Å². The number of nitrogens with zero attached hydrogens (tertiary/aromatic N) is 1. The maximum Gasteiger partial charge on any atom is 0.255 e. The van der Waals surface area contributed by atoms with Gasteiger partial charge in [-0.25, -0.2) is 4.39 Å². The minimum atomic E-state index is -0.556. The number of primary amides is 1. The van der Waals surface area contributed by atoms with Crippen LogP contribution in [-0.4, -0.2) is 29.4 Å². The molecule has 0 saturated heterocycles. The van der Waals surface area contributed by atoms with Crippen molar-refractivity contribution >= 4 is 11.8 Å². The molecule has 0 heterocycles. The lowest BCUT2D eigenvalue weighted by Gasteiger charge is -2.23. The summed E-state index contributed by atoms with van der Waals surface area (Å²) in [6.45, 7) is 0.246. The molecule has 2 aromatic rings. The topological polar surface area (TPSA) is 72.6 Å². The predicted octanol–water partition coefficient (Wildman–Crippen LogP) is 2.49. The van der Waals surface area contributed by atoms with Gasteiger partial charge in [-0.2, -0.15) is 0 Å². The van der Waals surface area contributed by atoms with Crippen LogP contribution in [0, 0.1) is 5.82 Å². The molecule has 1 aliphatic rings. The number of hydrogen-bond acceptors (Lipinski definition) is 3. The van der Waals surface area contributed by atoms with E-state index in [1.165, 1.54) is 12.1 Å². The third-order valence-corrected chi connectivity index (χ3v) is 4.00. The molecule has 130 valence electrons. The number of halogens is 1. The number of hydrogen-bond donors (Lipinski definition) is 1. The van der Waals surface area contributed by atoms with E-state index >= 15 is 0 Å². The first-order valence-electron chi connectivity index (χ1n) is 8.09. The second-order valence-corrected chi connectivity index (χ2v) is 6.07. The summed E-state index contributed by atoms with van der Waals surface area (Å²) in [5.74, 6) is -0.445. The highest BCUT2D eigenvalue weighted by Crippen LogP contribution is 2.30. The van der Waals surface area contributed by atoms with E-state index in [4.69, 9.17) is 10.5 Å². The third-order valence-electron chi connectivity index (χ3n) is 4.00.